The third-order valence-electron chi connectivity index (χ3n) is 7.39. The fourth-order valence-corrected chi connectivity index (χ4v) is 5.09. The van der Waals surface area contributed by atoms with Gasteiger partial charge in [-0.1, -0.05) is 50.1 Å². The van der Waals surface area contributed by atoms with E-state index in [-0.39, 0.29) is 24.3 Å². The first-order valence-corrected chi connectivity index (χ1v) is 13.7. The van der Waals surface area contributed by atoms with Gasteiger partial charge in [-0.15, -0.1) is 0 Å². The van der Waals surface area contributed by atoms with Gasteiger partial charge in [-0.3, -0.25) is 9.59 Å². The first kappa shape index (κ1) is 27.5. The number of hydrogen-bond acceptors (Lipinski definition) is 7. The molecule has 1 unspecified atom stereocenters. The molecule has 0 saturated heterocycles. The summed E-state index contributed by atoms with van der Waals surface area (Å²) in [5, 5.41) is 0. The molecule has 8 nitrogen and oxygen atoms in total. The average Bonchev–Trinajstić information content (AvgIpc) is 3.43. The molecule has 1 amide bonds. The van der Waals surface area contributed by atoms with Crippen LogP contribution in [0.2, 0.25) is 0 Å². The first-order chi connectivity index (χ1) is 18.4. The Labute approximate surface area is 225 Å². The minimum atomic E-state index is -0.343. The summed E-state index contributed by atoms with van der Waals surface area (Å²) in [5.41, 5.74) is 8.95. The highest BCUT2D eigenvalue weighted by molar-refractivity contribution is 5.87. The number of fused-ring (bicyclic) bond motifs is 1. The molecule has 0 radical (unpaired) electrons. The van der Waals surface area contributed by atoms with Crippen LogP contribution in [0.15, 0.2) is 53.5 Å². The summed E-state index contributed by atoms with van der Waals surface area (Å²) in [7, 11) is 1.91. The van der Waals surface area contributed by atoms with Gasteiger partial charge in [-0.25, -0.2) is 4.99 Å². The number of benzene rings is 2. The minimum Gasteiger partial charge on any atom is -0.494 e. The van der Waals surface area contributed by atoms with Gasteiger partial charge in [0.2, 0.25) is 5.91 Å². The molecule has 1 heterocycles. The van der Waals surface area contributed by atoms with Crippen LogP contribution in [-0.2, 0) is 20.9 Å². The second kappa shape index (κ2) is 13.3. The number of ether oxygens (including phenoxy) is 2. The zero-order valence-electron chi connectivity index (χ0n) is 22.6. The summed E-state index contributed by atoms with van der Waals surface area (Å²) in [4.78, 5) is 33.0. The predicted molar refractivity (Wildman–Crippen MR) is 148 cm³/mol. The van der Waals surface area contributed by atoms with Crippen molar-refractivity contribution in [1.29, 1.82) is 0 Å². The molecule has 4 rings (SSSR count). The SMILES string of the molecule is CC(COC(=O)CN1Cc2cc(OCCCC(=O)N(C)CC3CCCC3)ccc2N=C1N)c1ccccc1. The lowest BCUT2D eigenvalue weighted by Gasteiger charge is -2.27. The molecule has 8 heteroatoms. The van der Waals surface area contributed by atoms with Gasteiger partial charge in [0.1, 0.15) is 12.3 Å². The predicted octanol–water partition coefficient (Wildman–Crippen LogP) is 4.60. The van der Waals surface area contributed by atoms with E-state index in [9.17, 15) is 9.59 Å². The van der Waals surface area contributed by atoms with Gasteiger partial charge in [-0.2, -0.15) is 0 Å². The molecule has 0 aromatic heterocycles. The molecule has 1 aliphatic heterocycles. The van der Waals surface area contributed by atoms with Gasteiger partial charge in [-0.05, 0) is 48.9 Å². The summed E-state index contributed by atoms with van der Waals surface area (Å²) in [6, 6.07) is 15.6. The Bertz CT molecular complexity index is 1110. The number of carbonyl (C=O) groups excluding carboxylic acids is 2. The fraction of sp³-hybridized carbons (Fsp3) is 0.500. The van der Waals surface area contributed by atoms with Crippen LogP contribution >= 0.6 is 0 Å². The zero-order valence-corrected chi connectivity index (χ0v) is 22.6. The normalized spacial score (nSPS) is 15.9. The van der Waals surface area contributed by atoms with E-state index in [2.05, 4.69) is 4.99 Å². The Morgan fingerprint density at radius 1 is 1.16 bits per heavy atom. The van der Waals surface area contributed by atoms with Crippen molar-refractivity contribution < 1.29 is 19.1 Å². The van der Waals surface area contributed by atoms with Crippen LogP contribution in [0.4, 0.5) is 5.69 Å². The van der Waals surface area contributed by atoms with Crippen LogP contribution in [0.25, 0.3) is 0 Å². The number of carbonyl (C=O) groups is 2. The van der Waals surface area contributed by atoms with Crippen LogP contribution in [-0.4, -0.2) is 61.0 Å². The van der Waals surface area contributed by atoms with E-state index in [0.717, 1.165) is 23.4 Å². The van der Waals surface area contributed by atoms with Crippen LogP contribution in [0, 0.1) is 5.92 Å². The van der Waals surface area contributed by atoms with Crippen LogP contribution in [0.3, 0.4) is 0 Å². The van der Waals surface area contributed by atoms with Gasteiger partial charge in [0.15, 0.2) is 5.96 Å². The fourth-order valence-electron chi connectivity index (χ4n) is 5.09. The molecule has 0 spiro atoms. The molecule has 0 bridgehead atoms. The van der Waals surface area contributed by atoms with Crippen molar-refractivity contribution in [2.45, 2.75) is 57.9 Å². The van der Waals surface area contributed by atoms with Crippen molar-refractivity contribution in [2.24, 2.45) is 16.6 Å². The Morgan fingerprint density at radius 3 is 2.68 bits per heavy atom. The Morgan fingerprint density at radius 2 is 1.92 bits per heavy atom. The average molecular weight is 521 g/mol. The largest absolute Gasteiger partial charge is 0.494 e. The van der Waals surface area contributed by atoms with E-state index >= 15 is 0 Å². The highest BCUT2D eigenvalue weighted by atomic mass is 16.5. The van der Waals surface area contributed by atoms with Crippen LogP contribution < -0.4 is 10.5 Å². The molecule has 1 fully saturated rings. The van der Waals surface area contributed by atoms with Gasteiger partial charge in [0.25, 0.3) is 0 Å². The Kier molecular flexibility index (Phi) is 9.62. The molecular weight excluding hydrogens is 480 g/mol. The molecule has 2 aliphatic rings. The standard InChI is InChI=1S/C30H40N4O4/c1-22(24-11-4-3-5-12-24)21-38-29(36)20-34-19-25-17-26(14-15-27(25)32-30(34)31)37-16-8-13-28(35)33(2)18-23-9-6-7-10-23/h3-5,11-12,14-15,17,22-23H,6-10,13,16,18-21H2,1-2H3,(H2,31,32). The van der Waals surface area contributed by atoms with Crippen molar-refractivity contribution in [3.05, 3.63) is 59.7 Å². The van der Waals surface area contributed by atoms with E-state index in [0.29, 0.717) is 50.2 Å². The molecule has 2 N–H and O–H groups in total. The van der Waals surface area contributed by atoms with E-state index in [1.54, 1.807) is 4.90 Å². The van der Waals surface area contributed by atoms with E-state index < -0.39 is 0 Å². The lowest BCUT2D eigenvalue weighted by Crippen LogP contribution is -2.42. The monoisotopic (exact) mass is 520 g/mol. The molecule has 2 aromatic carbocycles. The van der Waals surface area contributed by atoms with E-state index in [1.165, 1.54) is 25.7 Å². The van der Waals surface area contributed by atoms with E-state index in [1.807, 2.05) is 67.4 Å². The lowest BCUT2D eigenvalue weighted by molar-refractivity contribution is -0.144. The second-order valence-electron chi connectivity index (χ2n) is 10.5. The number of esters is 1. The van der Waals surface area contributed by atoms with Crippen molar-refractivity contribution >= 4 is 23.5 Å². The molecule has 204 valence electrons. The Balaban J connectivity index is 1.21. The summed E-state index contributed by atoms with van der Waals surface area (Å²) in [5.74, 6) is 1.60. The number of nitrogens with two attached hydrogens (primary N) is 1. The number of amides is 1. The number of aliphatic imine (C=N–C) groups is 1. The highest BCUT2D eigenvalue weighted by Gasteiger charge is 2.22. The number of nitrogens with zero attached hydrogens (tertiary/aromatic N) is 3. The van der Waals surface area contributed by atoms with Crippen molar-refractivity contribution in [3.63, 3.8) is 0 Å². The number of rotatable bonds is 12. The smallest absolute Gasteiger partial charge is 0.325 e. The maximum Gasteiger partial charge on any atom is 0.325 e. The highest BCUT2D eigenvalue weighted by Crippen LogP contribution is 2.29. The summed E-state index contributed by atoms with van der Waals surface area (Å²) in [6.45, 7) is 4.13. The van der Waals surface area contributed by atoms with Gasteiger partial charge >= 0.3 is 5.97 Å². The van der Waals surface area contributed by atoms with Gasteiger partial charge in [0, 0.05) is 38.0 Å². The third kappa shape index (κ3) is 7.73. The second-order valence-corrected chi connectivity index (χ2v) is 10.5. The maximum atomic E-state index is 12.5. The summed E-state index contributed by atoms with van der Waals surface area (Å²) < 4.78 is 11.4. The quantitative estimate of drug-likeness (QED) is 0.324. The minimum absolute atomic E-state index is 0.0256. The molecular formula is C30H40N4O4. The van der Waals surface area contributed by atoms with Crippen molar-refractivity contribution in [3.8, 4) is 5.75 Å². The third-order valence-corrected chi connectivity index (χ3v) is 7.39. The summed E-state index contributed by atoms with van der Waals surface area (Å²) in [6.07, 6.45) is 6.19. The number of hydrogen-bond donors (Lipinski definition) is 1. The van der Waals surface area contributed by atoms with E-state index in [4.69, 9.17) is 15.2 Å². The summed E-state index contributed by atoms with van der Waals surface area (Å²) >= 11 is 0. The molecule has 2 aromatic rings. The van der Waals surface area contributed by atoms with Crippen LogP contribution in [0.5, 0.6) is 5.75 Å². The van der Waals surface area contributed by atoms with Crippen LogP contribution in [0.1, 0.15) is 62.5 Å². The number of guanidine groups is 1. The molecule has 1 atom stereocenters. The topological polar surface area (TPSA) is 97.5 Å². The lowest BCUT2D eigenvalue weighted by atomic mass is 10.0. The molecule has 38 heavy (non-hydrogen) atoms. The van der Waals surface area contributed by atoms with Crippen molar-refractivity contribution in [2.75, 3.05) is 33.4 Å². The first-order valence-electron chi connectivity index (χ1n) is 13.7. The zero-order chi connectivity index (χ0) is 26.9. The molecule has 1 saturated carbocycles. The van der Waals surface area contributed by atoms with Gasteiger partial charge < -0.3 is 25.0 Å². The van der Waals surface area contributed by atoms with Gasteiger partial charge in [0.05, 0.1) is 18.9 Å². The maximum absolute atomic E-state index is 12.5. The Hall–Kier alpha value is -3.55. The molecule has 1 aliphatic carbocycles. The van der Waals surface area contributed by atoms with Crippen molar-refractivity contribution in [1.82, 2.24) is 9.80 Å².